The molecule has 1 aliphatic heterocycles. The van der Waals surface area contributed by atoms with Crippen LogP contribution in [0, 0.1) is 12.8 Å². The van der Waals surface area contributed by atoms with Gasteiger partial charge >= 0.3 is 0 Å². The number of anilines is 1. The summed E-state index contributed by atoms with van der Waals surface area (Å²) in [5, 5.41) is 10.3. The van der Waals surface area contributed by atoms with E-state index in [0.29, 0.717) is 18.4 Å². The van der Waals surface area contributed by atoms with E-state index < -0.39 is 0 Å². The summed E-state index contributed by atoms with van der Waals surface area (Å²) >= 11 is 1.66. The molecule has 3 rings (SSSR count). The number of nitrogens with zero attached hydrogens (tertiary/aromatic N) is 5. The Labute approximate surface area is 121 Å². The van der Waals surface area contributed by atoms with E-state index in [1.807, 2.05) is 6.92 Å². The van der Waals surface area contributed by atoms with E-state index in [4.69, 9.17) is 4.74 Å². The summed E-state index contributed by atoms with van der Waals surface area (Å²) < 4.78 is 5.67. The van der Waals surface area contributed by atoms with E-state index in [2.05, 4.69) is 25.1 Å². The lowest BCUT2D eigenvalue weighted by Crippen LogP contribution is -2.35. The molecule has 0 bridgehead atoms. The molecule has 0 radical (unpaired) electrons. The molecule has 7 heteroatoms. The average molecular weight is 291 g/mol. The third kappa shape index (κ3) is 3.22. The molecule has 0 unspecified atom stereocenters. The highest BCUT2D eigenvalue weighted by molar-refractivity contribution is 7.15. The Morgan fingerprint density at radius 1 is 1.30 bits per heavy atom. The molecule has 2 aromatic rings. The van der Waals surface area contributed by atoms with Gasteiger partial charge in [0.25, 0.3) is 0 Å². The molecule has 1 aliphatic rings. The fourth-order valence-electron chi connectivity index (χ4n) is 2.27. The SMILES string of the molecule is Cc1nnc(N2CCC(COc3cnccn3)CC2)s1. The number of rotatable bonds is 4. The van der Waals surface area contributed by atoms with Crippen molar-refractivity contribution in [2.45, 2.75) is 19.8 Å². The Bertz CT molecular complexity index is 539. The number of aromatic nitrogens is 4. The minimum Gasteiger partial charge on any atom is -0.476 e. The van der Waals surface area contributed by atoms with Gasteiger partial charge in [-0.3, -0.25) is 4.98 Å². The summed E-state index contributed by atoms with van der Waals surface area (Å²) in [4.78, 5) is 10.4. The quantitative estimate of drug-likeness (QED) is 0.857. The number of ether oxygens (including phenoxy) is 1. The van der Waals surface area contributed by atoms with Gasteiger partial charge < -0.3 is 9.64 Å². The highest BCUT2D eigenvalue weighted by atomic mass is 32.1. The molecule has 0 aromatic carbocycles. The van der Waals surface area contributed by atoms with Gasteiger partial charge in [0.15, 0.2) is 0 Å². The third-order valence-electron chi connectivity index (χ3n) is 3.41. The Morgan fingerprint density at radius 2 is 2.15 bits per heavy atom. The van der Waals surface area contributed by atoms with Crippen molar-refractivity contribution in [2.75, 3.05) is 24.6 Å². The van der Waals surface area contributed by atoms with Gasteiger partial charge in [-0.15, -0.1) is 10.2 Å². The highest BCUT2D eigenvalue weighted by Gasteiger charge is 2.22. The predicted octanol–water partition coefficient (Wildman–Crippen LogP) is 1.93. The van der Waals surface area contributed by atoms with Crippen molar-refractivity contribution in [1.82, 2.24) is 20.2 Å². The molecule has 0 N–H and O–H groups in total. The molecule has 0 aliphatic carbocycles. The van der Waals surface area contributed by atoms with Crippen LogP contribution in [-0.2, 0) is 0 Å². The molecule has 1 fully saturated rings. The molecular weight excluding hydrogens is 274 g/mol. The predicted molar refractivity (Wildman–Crippen MR) is 77.1 cm³/mol. The van der Waals surface area contributed by atoms with Crippen LogP contribution in [-0.4, -0.2) is 39.9 Å². The molecule has 0 spiro atoms. The van der Waals surface area contributed by atoms with Gasteiger partial charge in [0.1, 0.15) is 5.01 Å². The van der Waals surface area contributed by atoms with Crippen molar-refractivity contribution in [1.29, 1.82) is 0 Å². The highest BCUT2D eigenvalue weighted by Crippen LogP contribution is 2.26. The van der Waals surface area contributed by atoms with Gasteiger partial charge in [-0.2, -0.15) is 0 Å². The van der Waals surface area contributed by atoms with Crippen molar-refractivity contribution in [3.8, 4) is 5.88 Å². The normalized spacial score (nSPS) is 16.4. The molecule has 0 amide bonds. The first-order chi connectivity index (χ1) is 9.81. The fraction of sp³-hybridized carbons (Fsp3) is 0.538. The maximum absolute atomic E-state index is 5.67. The molecule has 20 heavy (non-hydrogen) atoms. The van der Waals surface area contributed by atoms with Crippen LogP contribution in [0.1, 0.15) is 17.8 Å². The molecule has 3 heterocycles. The Hall–Kier alpha value is -1.76. The number of hydrogen-bond donors (Lipinski definition) is 0. The summed E-state index contributed by atoms with van der Waals surface area (Å²) in [6, 6.07) is 0. The molecule has 2 aromatic heterocycles. The van der Waals surface area contributed by atoms with Crippen LogP contribution in [0.3, 0.4) is 0 Å². The molecule has 1 saturated heterocycles. The van der Waals surface area contributed by atoms with Crippen LogP contribution in [0.2, 0.25) is 0 Å². The van der Waals surface area contributed by atoms with Gasteiger partial charge in [0.05, 0.1) is 12.8 Å². The minimum absolute atomic E-state index is 0.572. The maximum Gasteiger partial charge on any atom is 0.232 e. The lowest BCUT2D eigenvalue weighted by molar-refractivity contribution is 0.215. The number of aryl methyl sites for hydroxylation is 1. The number of hydrogen-bond acceptors (Lipinski definition) is 7. The van der Waals surface area contributed by atoms with Gasteiger partial charge in [-0.1, -0.05) is 11.3 Å². The third-order valence-corrected chi connectivity index (χ3v) is 4.31. The average Bonchev–Trinajstić information content (AvgIpc) is 2.93. The van der Waals surface area contributed by atoms with Gasteiger partial charge in [0, 0.05) is 25.5 Å². The molecule has 0 saturated carbocycles. The van der Waals surface area contributed by atoms with E-state index in [-0.39, 0.29) is 0 Å². The van der Waals surface area contributed by atoms with Crippen LogP contribution >= 0.6 is 11.3 Å². The van der Waals surface area contributed by atoms with E-state index in [9.17, 15) is 0 Å². The second-order valence-corrected chi connectivity index (χ2v) is 6.05. The van der Waals surface area contributed by atoms with E-state index in [1.54, 1.807) is 29.9 Å². The van der Waals surface area contributed by atoms with E-state index >= 15 is 0 Å². The maximum atomic E-state index is 5.67. The van der Waals surface area contributed by atoms with Crippen LogP contribution in [0.25, 0.3) is 0 Å². The summed E-state index contributed by atoms with van der Waals surface area (Å²) in [7, 11) is 0. The second kappa shape index (κ2) is 6.13. The van der Waals surface area contributed by atoms with Crippen molar-refractivity contribution in [3.05, 3.63) is 23.6 Å². The summed E-state index contributed by atoms with van der Waals surface area (Å²) in [5.41, 5.74) is 0. The van der Waals surface area contributed by atoms with E-state index in [0.717, 1.165) is 36.1 Å². The monoisotopic (exact) mass is 291 g/mol. The van der Waals surface area contributed by atoms with Crippen molar-refractivity contribution >= 4 is 16.5 Å². The van der Waals surface area contributed by atoms with Crippen LogP contribution in [0.4, 0.5) is 5.13 Å². The largest absolute Gasteiger partial charge is 0.476 e. The van der Waals surface area contributed by atoms with Crippen molar-refractivity contribution < 1.29 is 4.74 Å². The zero-order valence-corrected chi connectivity index (χ0v) is 12.2. The van der Waals surface area contributed by atoms with Gasteiger partial charge in [0.2, 0.25) is 11.0 Å². The van der Waals surface area contributed by atoms with Crippen LogP contribution < -0.4 is 9.64 Å². The Balaban J connectivity index is 1.47. The smallest absolute Gasteiger partial charge is 0.232 e. The molecular formula is C13H17N5OS. The standard InChI is InChI=1S/C13H17N5OS/c1-10-16-17-13(20-10)18-6-2-11(3-7-18)9-19-12-8-14-4-5-15-12/h4-5,8,11H,2-3,6-7,9H2,1H3. The molecule has 0 atom stereocenters. The first-order valence-corrected chi connectivity index (χ1v) is 7.57. The second-order valence-electron chi connectivity index (χ2n) is 4.89. The summed E-state index contributed by atoms with van der Waals surface area (Å²) in [6.45, 7) is 4.73. The van der Waals surface area contributed by atoms with Crippen LogP contribution in [0.5, 0.6) is 5.88 Å². The van der Waals surface area contributed by atoms with Gasteiger partial charge in [-0.25, -0.2) is 4.98 Å². The first-order valence-electron chi connectivity index (χ1n) is 6.75. The Kier molecular flexibility index (Phi) is 4.05. The lowest BCUT2D eigenvalue weighted by atomic mass is 9.98. The van der Waals surface area contributed by atoms with Crippen molar-refractivity contribution in [3.63, 3.8) is 0 Å². The zero-order valence-electron chi connectivity index (χ0n) is 11.4. The summed E-state index contributed by atoms with van der Waals surface area (Å²) in [6.07, 6.45) is 7.17. The number of piperidine rings is 1. The van der Waals surface area contributed by atoms with Crippen molar-refractivity contribution in [2.24, 2.45) is 5.92 Å². The lowest BCUT2D eigenvalue weighted by Gasteiger charge is -2.31. The first kappa shape index (κ1) is 13.2. The minimum atomic E-state index is 0.572. The van der Waals surface area contributed by atoms with Crippen LogP contribution in [0.15, 0.2) is 18.6 Å². The zero-order chi connectivity index (χ0) is 13.8. The Morgan fingerprint density at radius 3 is 2.80 bits per heavy atom. The summed E-state index contributed by atoms with van der Waals surface area (Å²) in [5.74, 6) is 1.18. The van der Waals surface area contributed by atoms with E-state index in [1.165, 1.54) is 0 Å². The van der Waals surface area contributed by atoms with Gasteiger partial charge in [-0.05, 0) is 25.7 Å². The fourth-order valence-corrected chi connectivity index (χ4v) is 3.01. The topological polar surface area (TPSA) is 64.0 Å². The molecule has 106 valence electrons. The molecule has 6 nitrogen and oxygen atoms in total.